The third-order valence-electron chi connectivity index (χ3n) is 4.91. The summed E-state index contributed by atoms with van der Waals surface area (Å²) < 4.78 is 0. The lowest BCUT2D eigenvalue weighted by Gasteiger charge is -2.18. The third-order valence-corrected chi connectivity index (χ3v) is 4.91. The average Bonchev–Trinajstić information content (AvgIpc) is 2.79. The van der Waals surface area contributed by atoms with E-state index in [1.54, 1.807) is 0 Å². The number of nitrogens with one attached hydrogen (secondary N) is 2. The first-order chi connectivity index (χ1) is 12.1. The number of imide groups is 1. The summed E-state index contributed by atoms with van der Waals surface area (Å²) in [5.74, 6) is -0.583. The molecule has 6 heteroatoms. The first kappa shape index (κ1) is 17.5. The SMILES string of the molecule is O=C(CN1C(=O)N[C@@H](Cc2ccccc2)C1=O)NC1CCCCCC1. The highest BCUT2D eigenvalue weighted by Crippen LogP contribution is 2.17. The molecule has 0 spiro atoms. The molecule has 2 fully saturated rings. The zero-order valence-electron chi connectivity index (χ0n) is 14.4. The molecular weight excluding hydrogens is 318 g/mol. The summed E-state index contributed by atoms with van der Waals surface area (Å²) in [5.41, 5.74) is 0.978. The summed E-state index contributed by atoms with van der Waals surface area (Å²) in [5, 5.41) is 5.66. The van der Waals surface area contributed by atoms with E-state index < -0.39 is 12.1 Å². The van der Waals surface area contributed by atoms with E-state index in [1.807, 2.05) is 30.3 Å². The standard InChI is InChI=1S/C19H25N3O3/c23-17(20-15-10-6-1-2-7-11-15)13-22-18(24)16(21-19(22)25)12-14-8-4-3-5-9-14/h3-5,8-9,15-16H,1-2,6-7,10-13H2,(H,20,23)(H,21,25)/t16-/m0/s1. The molecule has 1 aromatic carbocycles. The maximum Gasteiger partial charge on any atom is 0.325 e. The number of benzene rings is 1. The van der Waals surface area contributed by atoms with Crippen molar-refractivity contribution in [1.29, 1.82) is 0 Å². The van der Waals surface area contributed by atoms with Crippen molar-refractivity contribution in [2.24, 2.45) is 0 Å². The Balaban J connectivity index is 1.54. The molecule has 1 saturated heterocycles. The Kier molecular flexibility index (Phi) is 5.68. The molecule has 25 heavy (non-hydrogen) atoms. The van der Waals surface area contributed by atoms with E-state index in [1.165, 1.54) is 12.8 Å². The molecule has 0 unspecified atom stereocenters. The van der Waals surface area contributed by atoms with Gasteiger partial charge in [-0.15, -0.1) is 0 Å². The van der Waals surface area contributed by atoms with Crippen LogP contribution < -0.4 is 10.6 Å². The molecule has 0 radical (unpaired) electrons. The van der Waals surface area contributed by atoms with Crippen LogP contribution in [0.1, 0.15) is 44.1 Å². The van der Waals surface area contributed by atoms with Crippen LogP contribution in [0.5, 0.6) is 0 Å². The Morgan fingerprint density at radius 2 is 1.76 bits per heavy atom. The van der Waals surface area contributed by atoms with E-state index in [2.05, 4.69) is 10.6 Å². The van der Waals surface area contributed by atoms with Gasteiger partial charge in [-0.3, -0.25) is 14.5 Å². The number of amides is 4. The minimum Gasteiger partial charge on any atom is -0.352 e. The fraction of sp³-hybridized carbons (Fsp3) is 0.526. The summed E-state index contributed by atoms with van der Waals surface area (Å²) in [7, 11) is 0. The molecule has 134 valence electrons. The zero-order chi connectivity index (χ0) is 17.6. The van der Waals surface area contributed by atoms with Gasteiger partial charge in [0.2, 0.25) is 5.91 Å². The Morgan fingerprint density at radius 3 is 2.44 bits per heavy atom. The minimum atomic E-state index is -0.597. The molecule has 1 aromatic rings. The van der Waals surface area contributed by atoms with Gasteiger partial charge in [-0.2, -0.15) is 0 Å². The summed E-state index contributed by atoms with van der Waals surface area (Å²) in [6, 6.07) is 8.62. The molecule has 1 heterocycles. The highest BCUT2D eigenvalue weighted by atomic mass is 16.2. The Labute approximate surface area is 148 Å². The minimum absolute atomic E-state index is 0.163. The molecule has 2 N–H and O–H groups in total. The Morgan fingerprint density at radius 1 is 1.08 bits per heavy atom. The van der Waals surface area contributed by atoms with Crippen LogP contribution in [0.15, 0.2) is 30.3 Å². The second kappa shape index (κ2) is 8.14. The van der Waals surface area contributed by atoms with Gasteiger partial charge in [0.15, 0.2) is 0 Å². The van der Waals surface area contributed by atoms with Crippen molar-refractivity contribution in [3.8, 4) is 0 Å². The molecule has 3 rings (SSSR count). The fourth-order valence-corrected chi connectivity index (χ4v) is 3.56. The van der Waals surface area contributed by atoms with Crippen molar-refractivity contribution in [3.05, 3.63) is 35.9 Å². The first-order valence-electron chi connectivity index (χ1n) is 9.08. The maximum absolute atomic E-state index is 12.5. The van der Waals surface area contributed by atoms with Crippen molar-refractivity contribution in [3.63, 3.8) is 0 Å². The van der Waals surface area contributed by atoms with Crippen molar-refractivity contribution in [2.75, 3.05) is 6.54 Å². The van der Waals surface area contributed by atoms with Crippen LogP contribution in [-0.2, 0) is 16.0 Å². The second-order valence-electron chi connectivity index (χ2n) is 6.87. The molecule has 2 aliphatic rings. The van der Waals surface area contributed by atoms with Crippen LogP contribution in [-0.4, -0.2) is 41.4 Å². The number of nitrogens with zero attached hydrogens (tertiary/aromatic N) is 1. The molecule has 0 aromatic heterocycles. The van der Waals surface area contributed by atoms with Crippen LogP contribution in [0.25, 0.3) is 0 Å². The molecule has 1 aliphatic heterocycles. The van der Waals surface area contributed by atoms with E-state index in [-0.39, 0.29) is 24.4 Å². The topological polar surface area (TPSA) is 78.5 Å². The summed E-state index contributed by atoms with van der Waals surface area (Å²) in [6.07, 6.45) is 7.04. The average molecular weight is 343 g/mol. The van der Waals surface area contributed by atoms with Crippen LogP contribution in [0.4, 0.5) is 4.79 Å². The summed E-state index contributed by atoms with van der Waals surface area (Å²) in [4.78, 5) is 37.8. The normalized spacial score (nSPS) is 21.8. The van der Waals surface area contributed by atoms with Crippen LogP contribution >= 0.6 is 0 Å². The first-order valence-corrected chi connectivity index (χ1v) is 9.08. The molecule has 1 aliphatic carbocycles. The van der Waals surface area contributed by atoms with E-state index in [0.29, 0.717) is 6.42 Å². The summed E-state index contributed by atoms with van der Waals surface area (Å²) in [6.45, 7) is -0.202. The van der Waals surface area contributed by atoms with Crippen LogP contribution in [0.2, 0.25) is 0 Å². The number of hydrogen-bond acceptors (Lipinski definition) is 3. The van der Waals surface area contributed by atoms with Crippen molar-refractivity contribution in [2.45, 2.75) is 57.0 Å². The number of urea groups is 1. The lowest BCUT2D eigenvalue weighted by molar-refractivity contribution is -0.132. The molecule has 0 bridgehead atoms. The van der Waals surface area contributed by atoms with Gasteiger partial charge >= 0.3 is 6.03 Å². The number of carbonyl (C=O) groups is 3. The van der Waals surface area contributed by atoms with Crippen molar-refractivity contribution >= 4 is 17.8 Å². The van der Waals surface area contributed by atoms with Crippen molar-refractivity contribution < 1.29 is 14.4 Å². The highest BCUT2D eigenvalue weighted by molar-refractivity contribution is 6.06. The largest absolute Gasteiger partial charge is 0.352 e. The number of hydrogen-bond donors (Lipinski definition) is 2. The Bertz CT molecular complexity index is 624. The van der Waals surface area contributed by atoms with Gasteiger partial charge in [-0.1, -0.05) is 56.0 Å². The lowest BCUT2D eigenvalue weighted by atomic mass is 10.1. The highest BCUT2D eigenvalue weighted by Gasteiger charge is 2.39. The van der Waals surface area contributed by atoms with Gasteiger partial charge in [0, 0.05) is 12.5 Å². The monoisotopic (exact) mass is 343 g/mol. The number of rotatable bonds is 5. The van der Waals surface area contributed by atoms with Gasteiger partial charge < -0.3 is 10.6 Å². The number of carbonyl (C=O) groups excluding carboxylic acids is 3. The quantitative estimate of drug-likeness (QED) is 0.634. The van der Waals surface area contributed by atoms with Gasteiger partial charge in [0.05, 0.1) is 0 Å². The van der Waals surface area contributed by atoms with Crippen molar-refractivity contribution in [1.82, 2.24) is 15.5 Å². The van der Waals surface area contributed by atoms with Gasteiger partial charge in [0.25, 0.3) is 5.91 Å². The van der Waals surface area contributed by atoms with E-state index >= 15 is 0 Å². The third kappa shape index (κ3) is 4.59. The maximum atomic E-state index is 12.5. The van der Waals surface area contributed by atoms with Crippen LogP contribution in [0, 0.1) is 0 Å². The van der Waals surface area contributed by atoms with E-state index in [4.69, 9.17) is 0 Å². The molecule has 1 saturated carbocycles. The van der Waals surface area contributed by atoms with Crippen LogP contribution in [0.3, 0.4) is 0 Å². The predicted octanol–water partition coefficient (Wildman–Crippen LogP) is 1.99. The van der Waals surface area contributed by atoms with E-state index in [0.717, 1.165) is 36.1 Å². The molecule has 1 atom stereocenters. The predicted molar refractivity (Wildman–Crippen MR) is 93.8 cm³/mol. The molecular formula is C19H25N3O3. The van der Waals surface area contributed by atoms with Gasteiger partial charge in [0.1, 0.15) is 12.6 Å². The fourth-order valence-electron chi connectivity index (χ4n) is 3.56. The second-order valence-corrected chi connectivity index (χ2v) is 6.87. The molecule has 6 nitrogen and oxygen atoms in total. The van der Waals surface area contributed by atoms with Gasteiger partial charge in [-0.25, -0.2) is 4.79 Å². The zero-order valence-corrected chi connectivity index (χ0v) is 14.4. The van der Waals surface area contributed by atoms with Gasteiger partial charge in [-0.05, 0) is 18.4 Å². The molecule has 4 amide bonds. The lowest BCUT2D eigenvalue weighted by Crippen LogP contribution is -2.44. The summed E-state index contributed by atoms with van der Waals surface area (Å²) >= 11 is 0. The smallest absolute Gasteiger partial charge is 0.325 e. The van der Waals surface area contributed by atoms with E-state index in [9.17, 15) is 14.4 Å². The Hall–Kier alpha value is -2.37.